The summed E-state index contributed by atoms with van der Waals surface area (Å²) in [7, 11) is -3.65. The zero-order valence-corrected chi connectivity index (χ0v) is 18.0. The standard InChI is InChI=1S/C20H33N3O4S/c1-17(2)27-16-4-12-23(13-9-20(24)22-14-10-21-11-15-22)28(25,26)19-7-5-18(3)6-8-19/h5-8,17,21H,4,9-16H2,1-3H3. The van der Waals surface area contributed by atoms with Gasteiger partial charge in [-0.15, -0.1) is 0 Å². The van der Waals surface area contributed by atoms with Crippen LogP contribution in [0.3, 0.4) is 0 Å². The topological polar surface area (TPSA) is 79.0 Å². The van der Waals surface area contributed by atoms with Crippen LogP contribution < -0.4 is 5.32 Å². The van der Waals surface area contributed by atoms with E-state index in [0.717, 1.165) is 18.7 Å². The fourth-order valence-corrected chi connectivity index (χ4v) is 4.54. The molecule has 1 amide bonds. The number of aryl methyl sites for hydroxylation is 1. The van der Waals surface area contributed by atoms with Crippen LogP contribution in [0.5, 0.6) is 0 Å². The van der Waals surface area contributed by atoms with Gasteiger partial charge in [0, 0.05) is 52.3 Å². The summed E-state index contributed by atoms with van der Waals surface area (Å²) in [5, 5.41) is 3.21. The summed E-state index contributed by atoms with van der Waals surface area (Å²) in [6.07, 6.45) is 0.887. The van der Waals surface area contributed by atoms with Crippen LogP contribution >= 0.6 is 0 Å². The lowest BCUT2D eigenvalue weighted by atomic mass is 10.2. The predicted octanol–water partition coefficient (Wildman–Crippen LogP) is 1.62. The Labute approximate surface area is 169 Å². The molecule has 0 radical (unpaired) electrons. The van der Waals surface area contributed by atoms with Crippen molar-refractivity contribution in [2.24, 2.45) is 0 Å². The highest BCUT2D eigenvalue weighted by Crippen LogP contribution is 2.17. The van der Waals surface area contributed by atoms with E-state index in [9.17, 15) is 13.2 Å². The van der Waals surface area contributed by atoms with Gasteiger partial charge < -0.3 is 15.0 Å². The molecule has 1 fully saturated rings. The van der Waals surface area contributed by atoms with Gasteiger partial charge in [0.15, 0.2) is 0 Å². The van der Waals surface area contributed by atoms with Gasteiger partial charge in [-0.05, 0) is 39.3 Å². The molecule has 0 spiro atoms. The quantitative estimate of drug-likeness (QED) is 0.592. The van der Waals surface area contributed by atoms with Crippen molar-refractivity contribution in [2.45, 2.75) is 44.6 Å². The van der Waals surface area contributed by atoms with Gasteiger partial charge in [0.25, 0.3) is 0 Å². The van der Waals surface area contributed by atoms with Gasteiger partial charge in [0.05, 0.1) is 11.0 Å². The Bertz CT molecular complexity index is 713. The van der Waals surface area contributed by atoms with Crippen molar-refractivity contribution in [2.75, 3.05) is 45.9 Å². The minimum absolute atomic E-state index is 0.00374. The highest BCUT2D eigenvalue weighted by atomic mass is 32.2. The van der Waals surface area contributed by atoms with E-state index in [2.05, 4.69) is 5.32 Å². The van der Waals surface area contributed by atoms with Crippen LogP contribution in [0.15, 0.2) is 29.2 Å². The Kier molecular flexibility index (Phi) is 8.88. The summed E-state index contributed by atoms with van der Waals surface area (Å²) >= 11 is 0. The van der Waals surface area contributed by atoms with Gasteiger partial charge in [-0.1, -0.05) is 17.7 Å². The van der Waals surface area contributed by atoms with E-state index < -0.39 is 10.0 Å². The van der Waals surface area contributed by atoms with Crippen molar-refractivity contribution in [3.8, 4) is 0 Å². The smallest absolute Gasteiger partial charge is 0.243 e. The number of carbonyl (C=O) groups is 1. The number of hydrogen-bond donors (Lipinski definition) is 1. The molecule has 0 aliphatic carbocycles. The maximum atomic E-state index is 13.1. The Morgan fingerprint density at radius 3 is 2.43 bits per heavy atom. The number of rotatable bonds is 10. The number of nitrogens with zero attached hydrogens (tertiary/aromatic N) is 2. The average molecular weight is 412 g/mol. The first-order valence-corrected chi connectivity index (χ1v) is 11.4. The largest absolute Gasteiger partial charge is 0.379 e. The molecule has 0 aromatic heterocycles. The third kappa shape index (κ3) is 6.84. The van der Waals surface area contributed by atoms with Crippen LogP contribution in [0.1, 0.15) is 32.3 Å². The maximum absolute atomic E-state index is 13.1. The van der Waals surface area contributed by atoms with Crippen LogP contribution in [0.2, 0.25) is 0 Å². The predicted molar refractivity (Wildman–Crippen MR) is 110 cm³/mol. The van der Waals surface area contributed by atoms with E-state index in [1.54, 1.807) is 29.2 Å². The third-order valence-corrected chi connectivity index (χ3v) is 6.62. The molecular formula is C20H33N3O4S. The Morgan fingerprint density at radius 2 is 1.82 bits per heavy atom. The van der Waals surface area contributed by atoms with E-state index in [1.165, 1.54) is 4.31 Å². The minimum atomic E-state index is -3.65. The van der Waals surface area contributed by atoms with Gasteiger partial charge >= 0.3 is 0 Å². The Balaban J connectivity index is 2.04. The number of amides is 1. The number of carbonyl (C=O) groups excluding carboxylic acids is 1. The molecule has 158 valence electrons. The van der Waals surface area contributed by atoms with Crippen LogP contribution in [0, 0.1) is 6.92 Å². The fraction of sp³-hybridized carbons (Fsp3) is 0.650. The molecule has 1 heterocycles. The summed E-state index contributed by atoms with van der Waals surface area (Å²) in [6.45, 7) is 9.73. The second-order valence-electron chi connectivity index (χ2n) is 7.37. The Hall–Kier alpha value is -1.48. The van der Waals surface area contributed by atoms with E-state index in [1.807, 2.05) is 20.8 Å². The zero-order valence-electron chi connectivity index (χ0n) is 17.2. The summed E-state index contributed by atoms with van der Waals surface area (Å²) < 4.78 is 33.2. The van der Waals surface area contributed by atoms with Gasteiger partial charge in [0.2, 0.25) is 15.9 Å². The molecule has 2 rings (SSSR count). The fourth-order valence-electron chi connectivity index (χ4n) is 3.06. The number of sulfonamides is 1. The van der Waals surface area contributed by atoms with Crippen LogP contribution in [0.25, 0.3) is 0 Å². The molecule has 8 heteroatoms. The summed E-state index contributed by atoms with van der Waals surface area (Å²) in [4.78, 5) is 14.5. The summed E-state index contributed by atoms with van der Waals surface area (Å²) in [5.74, 6) is 0.00374. The zero-order chi connectivity index (χ0) is 20.6. The van der Waals surface area contributed by atoms with Crippen LogP contribution in [0.4, 0.5) is 0 Å². The summed E-state index contributed by atoms with van der Waals surface area (Å²) in [5.41, 5.74) is 1.00. The first-order chi connectivity index (χ1) is 13.3. The number of nitrogens with one attached hydrogen (secondary N) is 1. The molecule has 1 aliphatic rings. The van der Waals surface area contributed by atoms with Crippen molar-refractivity contribution in [3.63, 3.8) is 0 Å². The lowest BCUT2D eigenvalue weighted by molar-refractivity contribution is -0.131. The molecule has 1 aromatic rings. The first kappa shape index (κ1) is 22.8. The lowest BCUT2D eigenvalue weighted by Crippen LogP contribution is -2.47. The van der Waals surface area contributed by atoms with Gasteiger partial charge in [-0.25, -0.2) is 8.42 Å². The van der Waals surface area contributed by atoms with Gasteiger partial charge in [-0.3, -0.25) is 4.79 Å². The molecule has 0 atom stereocenters. The summed E-state index contributed by atoms with van der Waals surface area (Å²) in [6, 6.07) is 6.83. The number of ether oxygens (including phenoxy) is 1. The van der Waals surface area contributed by atoms with Crippen molar-refractivity contribution < 1.29 is 17.9 Å². The van der Waals surface area contributed by atoms with Crippen LogP contribution in [-0.2, 0) is 19.6 Å². The number of hydrogen-bond acceptors (Lipinski definition) is 5. The maximum Gasteiger partial charge on any atom is 0.243 e. The number of piperazine rings is 1. The highest BCUT2D eigenvalue weighted by molar-refractivity contribution is 7.89. The van der Waals surface area contributed by atoms with E-state index >= 15 is 0 Å². The molecule has 0 saturated carbocycles. The lowest BCUT2D eigenvalue weighted by Gasteiger charge is -2.29. The molecule has 0 bridgehead atoms. The third-order valence-electron chi connectivity index (χ3n) is 4.71. The molecule has 1 N–H and O–H groups in total. The van der Waals surface area contributed by atoms with Crippen molar-refractivity contribution in [1.82, 2.24) is 14.5 Å². The normalized spacial score (nSPS) is 15.4. The second-order valence-corrected chi connectivity index (χ2v) is 9.31. The first-order valence-electron chi connectivity index (χ1n) is 9.97. The minimum Gasteiger partial charge on any atom is -0.379 e. The molecule has 7 nitrogen and oxygen atoms in total. The SMILES string of the molecule is Cc1ccc(S(=O)(=O)N(CCCOC(C)C)CCC(=O)N2CCNCC2)cc1. The highest BCUT2D eigenvalue weighted by Gasteiger charge is 2.26. The molecule has 28 heavy (non-hydrogen) atoms. The Morgan fingerprint density at radius 1 is 1.18 bits per heavy atom. The average Bonchev–Trinajstić information content (AvgIpc) is 2.67. The van der Waals surface area contributed by atoms with Crippen LogP contribution in [-0.4, -0.2) is 75.5 Å². The van der Waals surface area contributed by atoms with Crippen molar-refractivity contribution in [3.05, 3.63) is 29.8 Å². The number of benzene rings is 1. The monoisotopic (exact) mass is 411 g/mol. The molecular weight excluding hydrogens is 378 g/mol. The van der Waals surface area contributed by atoms with E-state index in [4.69, 9.17) is 4.74 Å². The van der Waals surface area contributed by atoms with E-state index in [0.29, 0.717) is 32.7 Å². The molecule has 0 unspecified atom stereocenters. The second kappa shape index (κ2) is 10.9. The molecule has 1 aromatic carbocycles. The van der Waals surface area contributed by atoms with Gasteiger partial charge in [0.1, 0.15) is 0 Å². The molecule has 1 aliphatic heterocycles. The van der Waals surface area contributed by atoms with E-state index in [-0.39, 0.29) is 29.9 Å². The van der Waals surface area contributed by atoms with Crippen molar-refractivity contribution >= 4 is 15.9 Å². The van der Waals surface area contributed by atoms with Gasteiger partial charge in [-0.2, -0.15) is 4.31 Å². The molecule has 1 saturated heterocycles. The van der Waals surface area contributed by atoms with Crippen molar-refractivity contribution in [1.29, 1.82) is 0 Å².